The maximum atomic E-state index is 13.2. The van der Waals surface area contributed by atoms with Crippen LogP contribution in [0.2, 0.25) is 0 Å². The number of hydrogen-bond acceptors (Lipinski definition) is 4. The average Bonchev–Trinajstić information content (AvgIpc) is 2.91. The molecule has 0 saturated heterocycles. The first-order valence-electron chi connectivity index (χ1n) is 7.34. The standard InChI is InChI=1S/C17H14Br2FNO3S/c1-16(8-17(16,18)19)15(23)21-13-12(14(22)24-2)11(7-25-13)9-3-5-10(20)6-4-9/h3-7H,8H2,1-2H3,(H,21,23)/t16-/m0/s1. The van der Waals surface area contributed by atoms with Gasteiger partial charge in [0, 0.05) is 10.9 Å². The van der Waals surface area contributed by atoms with Crippen LogP contribution in [0.25, 0.3) is 11.1 Å². The number of hydrogen-bond donors (Lipinski definition) is 1. The Kier molecular flexibility index (Phi) is 4.81. The summed E-state index contributed by atoms with van der Waals surface area (Å²) in [5.41, 5.74) is 0.926. The van der Waals surface area contributed by atoms with Crippen molar-refractivity contribution in [2.75, 3.05) is 12.4 Å². The lowest BCUT2D eigenvalue weighted by Crippen LogP contribution is -2.26. The topological polar surface area (TPSA) is 55.4 Å². The number of amides is 1. The van der Waals surface area contributed by atoms with E-state index in [1.54, 1.807) is 17.5 Å². The highest BCUT2D eigenvalue weighted by molar-refractivity contribution is 9.25. The number of rotatable bonds is 4. The third-order valence-electron chi connectivity index (χ3n) is 4.32. The molecule has 1 aliphatic rings. The van der Waals surface area contributed by atoms with Crippen LogP contribution >= 0.6 is 43.2 Å². The van der Waals surface area contributed by atoms with Gasteiger partial charge in [-0.3, -0.25) is 4.79 Å². The predicted molar refractivity (Wildman–Crippen MR) is 103 cm³/mol. The molecule has 1 N–H and O–H groups in total. The maximum Gasteiger partial charge on any atom is 0.341 e. The van der Waals surface area contributed by atoms with E-state index in [1.165, 1.54) is 30.6 Å². The number of halogens is 3. The number of esters is 1. The van der Waals surface area contributed by atoms with Gasteiger partial charge in [-0.2, -0.15) is 0 Å². The number of thiophene rings is 1. The summed E-state index contributed by atoms with van der Waals surface area (Å²) in [6.45, 7) is 1.83. The Labute approximate surface area is 165 Å². The molecule has 1 heterocycles. The second-order valence-electron chi connectivity index (χ2n) is 6.02. The first-order valence-corrected chi connectivity index (χ1v) is 9.81. The van der Waals surface area contributed by atoms with Crippen LogP contribution in [0.5, 0.6) is 0 Å². The summed E-state index contributed by atoms with van der Waals surface area (Å²) in [4.78, 5) is 24.9. The highest BCUT2D eigenvalue weighted by Crippen LogP contribution is 2.66. The summed E-state index contributed by atoms with van der Waals surface area (Å²) in [7, 11) is 1.28. The molecular formula is C17H14Br2FNO3S. The summed E-state index contributed by atoms with van der Waals surface area (Å²) in [5.74, 6) is -1.11. The number of carbonyl (C=O) groups is 2. The van der Waals surface area contributed by atoms with E-state index in [0.29, 0.717) is 22.5 Å². The lowest BCUT2D eigenvalue weighted by molar-refractivity contribution is -0.120. The van der Waals surface area contributed by atoms with Gasteiger partial charge >= 0.3 is 5.97 Å². The highest BCUT2D eigenvalue weighted by Gasteiger charge is 2.66. The van der Waals surface area contributed by atoms with Gasteiger partial charge in [-0.05, 0) is 31.0 Å². The molecule has 1 saturated carbocycles. The van der Waals surface area contributed by atoms with Crippen molar-refractivity contribution in [1.82, 2.24) is 0 Å². The molecule has 8 heteroatoms. The Bertz CT molecular complexity index is 850. The van der Waals surface area contributed by atoms with Gasteiger partial charge in [0.05, 0.1) is 15.8 Å². The van der Waals surface area contributed by atoms with Crippen molar-refractivity contribution in [1.29, 1.82) is 0 Å². The molecule has 3 rings (SSSR count). The van der Waals surface area contributed by atoms with Crippen LogP contribution in [0.1, 0.15) is 23.7 Å². The third-order valence-corrected chi connectivity index (χ3v) is 7.53. The number of methoxy groups -OCH3 is 1. The van der Waals surface area contributed by atoms with Crippen molar-refractivity contribution in [2.24, 2.45) is 5.41 Å². The first-order chi connectivity index (χ1) is 11.7. The SMILES string of the molecule is COC(=O)c1c(-c2ccc(F)cc2)csc1NC(=O)[C@]1(C)CC1(Br)Br. The second-order valence-corrected chi connectivity index (χ2v) is 10.7. The molecule has 1 aromatic heterocycles. The van der Waals surface area contributed by atoms with Crippen LogP contribution in [0, 0.1) is 11.2 Å². The quantitative estimate of drug-likeness (QED) is 0.474. The van der Waals surface area contributed by atoms with Crippen molar-refractivity contribution in [3.63, 3.8) is 0 Å². The van der Waals surface area contributed by atoms with E-state index in [9.17, 15) is 14.0 Å². The largest absolute Gasteiger partial charge is 0.465 e. The van der Waals surface area contributed by atoms with Gasteiger partial charge in [0.15, 0.2) is 0 Å². The number of benzene rings is 1. The van der Waals surface area contributed by atoms with E-state index in [0.717, 1.165) is 0 Å². The molecular weight excluding hydrogens is 477 g/mol. The molecule has 0 unspecified atom stereocenters. The molecule has 0 radical (unpaired) electrons. The van der Waals surface area contributed by atoms with Crippen molar-refractivity contribution >= 4 is 60.1 Å². The monoisotopic (exact) mass is 489 g/mol. The van der Waals surface area contributed by atoms with Gasteiger partial charge in [-0.1, -0.05) is 44.0 Å². The Balaban J connectivity index is 1.96. The summed E-state index contributed by atoms with van der Waals surface area (Å²) >= 11 is 8.16. The maximum absolute atomic E-state index is 13.2. The van der Waals surface area contributed by atoms with E-state index < -0.39 is 14.6 Å². The van der Waals surface area contributed by atoms with Gasteiger partial charge in [0.25, 0.3) is 0 Å². The molecule has 1 fully saturated rings. The Morgan fingerprint density at radius 2 is 1.88 bits per heavy atom. The minimum absolute atomic E-state index is 0.195. The lowest BCUT2D eigenvalue weighted by Gasteiger charge is -2.13. The molecule has 0 bridgehead atoms. The summed E-state index contributed by atoms with van der Waals surface area (Å²) in [6.07, 6.45) is 0.635. The van der Waals surface area contributed by atoms with E-state index >= 15 is 0 Å². The van der Waals surface area contributed by atoms with Crippen molar-refractivity contribution in [3.05, 3.63) is 41.0 Å². The summed E-state index contributed by atoms with van der Waals surface area (Å²) in [6, 6.07) is 5.81. The molecule has 2 aromatic rings. The molecule has 0 aliphatic heterocycles. The Morgan fingerprint density at radius 3 is 2.40 bits per heavy atom. The van der Waals surface area contributed by atoms with Crippen LogP contribution in [-0.4, -0.2) is 22.2 Å². The normalized spacial score (nSPS) is 20.8. The van der Waals surface area contributed by atoms with Crippen molar-refractivity contribution in [2.45, 2.75) is 16.6 Å². The number of anilines is 1. The fraction of sp³-hybridized carbons (Fsp3) is 0.294. The van der Waals surface area contributed by atoms with Gasteiger partial charge in [-0.25, -0.2) is 9.18 Å². The van der Waals surface area contributed by atoms with Crippen LogP contribution < -0.4 is 5.32 Å². The lowest BCUT2D eigenvalue weighted by atomic mass is 10.0. The smallest absolute Gasteiger partial charge is 0.341 e. The summed E-state index contributed by atoms with van der Waals surface area (Å²) < 4.78 is 17.6. The molecule has 0 spiro atoms. The van der Waals surface area contributed by atoms with E-state index in [4.69, 9.17) is 4.74 Å². The Hall–Kier alpha value is -1.25. The predicted octanol–water partition coefficient (Wildman–Crippen LogP) is 5.18. The average molecular weight is 491 g/mol. The van der Waals surface area contributed by atoms with Gasteiger partial charge in [0.2, 0.25) is 5.91 Å². The van der Waals surface area contributed by atoms with Gasteiger partial charge < -0.3 is 10.1 Å². The highest BCUT2D eigenvalue weighted by atomic mass is 79.9. The van der Waals surface area contributed by atoms with Crippen LogP contribution in [-0.2, 0) is 9.53 Å². The molecule has 1 atom stereocenters. The molecule has 4 nitrogen and oxygen atoms in total. The van der Waals surface area contributed by atoms with Crippen LogP contribution in [0.15, 0.2) is 29.6 Å². The van der Waals surface area contributed by atoms with Crippen molar-refractivity contribution < 1.29 is 18.7 Å². The fourth-order valence-electron chi connectivity index (χ4n) is 2.48. The minimum atomic E-state index is -0.611. The molecule has 1 aliphatic carbocycles. The third kappa shape index (κ3) is 3.27. The zero-order valence-electron chi connectivity index (χ0n) is 13.4. The number of carbonyl (C=O) groups excluding carboxylic acids is 2. The van der Waals surface area contributed by atoms with Crippen molar-refractivity contribution in [3.8, 4) is 11.1 Å². The van der Waals surface area contributed by atoms with E-state index in [-0.39, 0.29) is 17.3 Å². The zero-order valence-corrected chi connectivity index (χ0v) is 17.3. The molecule has 132 valence electrons. The summed E-state index contributed by atoms with van der Waals surface area (Å²) in [5, 5.41) is 5.00. The number of alkyl halides is 2. The fourth-order valence-corrected chi connectivity index (χ4v) is 4.92. The first kappa shape index (κ1) is 18.5. The van der Waals surface area contributed by atoms with Crippen LogP contribution in [0.4, 0.5) is 9.39 Å². The Morgan fingerprint density at radius 1 is 1.28 bits per heavy atom. The zero-order chi connectivity index (χ0) is 18.4. The second kappa shape index (κ2) is 6.48. The van der Waals surface area contributed by atoms with Gasteiger partial charge in [-0.15, -0.1) is 11.3 Å². The number of ether oxygens (including phenoxy) is 1. The van der Waals surface area contributed by atoms with Crippen LogP contribution in [0.3, 0.4) is 0 Å². The molecule has 25 heavy (non-hydrogen) atoms. The molecule has 1 amide bonds. The van der Waals surface area contributed by atoms with Gasteiger partial charge in [0.1, 0.15) is 16.4 Å². The number of nitrogens with one attached hydrogen (secondary N) is 1. The van der Waals surface area contributed by atoms with E-state index in [1.807, 2.05) is 6.92 Å². The van der Waals surface area contributed by atoms with E-state index in [2.05, 4.69) is 37.2 Å². The molecule has 1 aromatic carbocycles. The minimum Gasteiger partial charge on any atom is -0.465 e.